The van der Waals surface area contributed by atoms with Gasteiger partial charge in [-0.05, 0) is 27.0 Å². The summed E-state index contributed by atoms with van der Waals surface area (Å²) in [6.07, 6.45) is 1.08. The molecule has 0 saturated heterocycles. The van der Waals surface area contributed by atoms with Crippen LogP contribution in [0.5, 0.6) is 0 Å². The van der Waals surface area contributed by atoms with Crippen molar-refractivity contribution in [2.45, 2.75) is 33.2 Å². The quantitative estimate of drug-likeness (QED) is 0.758. The van der Waals surface area contributed by atoms with E-state index >= 15 is 0 Å². The Morgan fingerprint density at radius 1 is 1.60 bits per heavy atom. The zero-order chi connectivity index (χ0) is 11.3. The van der Waals surface area contributed by atoms with Gasteiger partial charge in [-0.1, -0.05) is 0 Å². The molecule has 0 aliphatic carbocycles. The van der Waals surface area contributed by atoms with Crippen molar-refractivity contribution in [1.29, 1.82) is 0 Å². The first kappa shape index (κ1) is 11.9. The molecule has 4 heteroatoms. The first-order chi connectivity index (χ1) is 7.17. The number of aryl methyl sites for hydroxylation is 2. The summed E-state index contributed by atoms with van der Waals surface area (Å²) < 4.78 is 1.90. The maximum atomic E-state index is 11.6. The van der Waals surface area contributed by atoms with Crippen LogP contribution < -0.4 is 5.32 Å². The number of carbonyl (C=O) groups is 1. The maximum absolute atomic E-state index is 11.6. The second-order valence-electron chi connectivity index (χ2n) is 3.66. The third-order valence-corrected chi connectivity index (χ3v) is 2.32. The van der Waals surface area contributed by atoms with Gasteiger partial charge in [0.1, 0.15) is 5.78 Å². The SMILES string of the molecule is CCn1nc(C)cc1CC(=O)CCNC. The maximum Gasteiger partial charge on any atom is 0.140 e. The predicted octanol–water partition coefficient (Wildman–Crippen LogP) is 0.933. The van der Waals surface area contributed by atoms with Crippen LogP contribution in [0.25, 0.3) is 0 Å². The lowest BCUT2D eigenvalue weighted by Crippen LogP contribution is -2.16. The average molecular weight is 209 g/mol. The Labute approximate surface area is 90.7 Å². The minimum Gasteiger partial charge on any atom is -0.319 e. The van der Waals surface area contributed by atoms with Crippen LogP contribution in [0.1, 0.15) is 24.7 Å². The molecule has 4 nitrogen and oxygen atoms in total. The van der Waals surface area contributed by atoms with Gasteiger partial charge in [-0.25, -0.2) is 0 Å². The van der Waals surface area contributed by atoms with E-state index in [-0.39, 0.29) is 5.78 Å². The van der Waals surface area contributed by atoms with E-state index in [1.54, 1.807) is 0 Å². The Bertz CT molecular complexity index is 331. The van der Waals surface area contributed by atoms with Gasteiger partial charge in [-0.15, -0.1) is 0 Å². The van der Waals surface area contributed by atoms with Crippen LogP contribution in [0, 0.1) is 6.92 Å². The highest BCUT2D eigenvalue weighted by atomic mass is 16.1. The lowest BCUT2D eigenvalue weighted by Gasteiger charge is -2.03. The lowest BCUT2D eigenvalue weighted by atomic mass is 10.1. The van der Waals surface area contributed by atoms with Crippen molar-refractivity contribution in [3.8, 4) is 0 Å². The molecule has 0 spiro atoms. The summed E-state index contributed by atoms with van der Waals surface area (Å²) in [5.41, 5.74) is 2.00. The van der Waals surface area contributed by atoms with Crippen molar-refractivity contribution >= 4 is 5.78 Å². The summed E-state index contributed by atoms with van der Waals surface area (Å²) in [4.78, 5) is 11.6. The fourth-order valence-electron chi connectivity index (χ4n) is 1.57. The molecule has 0 aromatic carbocycles. The van der Waals surface area contributed by atoms with Crippen molar-refractivity contribution in [2.75, 3.05) is 13.6 Å². The first-order valence-corrected chi connectivity index (χ1v) is 5.37. The van der Waals surface area contributed by atoms with Crippen molar-refractivity contribution in [1.82, 2.24) is 15.1 Å². The smallest absolute Gasteiger partial charge is 0.140 e. The second-order valence-corrected chi connectivity index (χ2v) is 3.66. The van der Waals surface area contributed by atoms with Crippen LogP contribution in [0.15, 0.2) is 6.07 Å². The van der Waals surface area contributed by atoms with Gasteiger partial charge in [0.2, 0.25) is 0 Å². The van der Waals surface area contributed by atoms with Crippen molar-refractivity contribution < 1.29 is 4.79 Å². The van der Waals surface area contributed by atoms with Crippen LogP contribution in [0.2, 0.25) is 0 Å². The number of carbonyl (C=O) groups excluding carboxylic acids is 1. The average Bonchev–Trinajstić information content (AvgIpc) is 2.55. The molecular weight excluding hydrogens is 190 g/mol. The van der Waals surface area contributed by atoms with Gasteiger partial charge in [-0.3, -0.25) is 9.48 Å². The summed E-state index contributed by atoms with van der Waals surface area (Å²) >= 11 is 0. The number of rotatable bonds is 6. The van der Waals surface area contributed by atoms with Crippen LogP contribution in [0.4, 0.5) is 0 Å². The Kier molecular flexibility index (Phi) is 4.49. The van der Waals surface area contributed by atoms with Crippen molar-refractivity contribution in [3.63, 3.8) is 0 Å². The standard InChI is InChI=1S/C11H19N3O/c1-4-14-10(7-9(2)13-14)8-11(15)5-6-12-3/h7,12H,4-6,8H2,1-3H3. The number of ketones is 1. The topological polar surface area (TPSA) is 46.9 Å². The van der Waals surface area contributed by atoms with Gasteiger partial charge in [0.05, 0.1) is 5.69 Å². The number of nitrogens with zero attached hydrogens (tertiary/aromatic N) is 2. The largest absolute Gasteiger partial charge is 0.319 e. The molecule has 1 N–H and O–H groups in total. The van der Waals surface area contributed by atoms with Crippen molar-refractivity contribution in [3.05, 3.63) is 17.5 Å². The fourth-order valence-corrected chi connectivity index (χ4v) is 1.57. The van der Waals surface area contributed by atoms with E-state index in [4.69, 9.17) is 0 Å². The molecule has 15 heavy (non-hydrogen) atoms. The highest BCUT2D eigenvalue weighted by molar-refractivity contribution is 5.80. The molecule has 0 unspecified atom stereocenters. The minimum absolute atomic E-state index is 0.263. The highest BCUT2D eigenvalue weighted by Gasteiger charge is 2.08. The number of nitrogens with one attached hydrogen (secondary N) is 1. The highest BCUT2D eigenvalue weighted by Crippen LogP contribution is 2.05. The zero-order valence-electron chi connectivity index (χ0n) is 9.71. The number of aromatic nitrogens is 2. The predicted molar refractivity (Wildman–Crippen MR) is 59.9 cm³/mol. The van der Waals surface area contributed by atoms with Crippen LogP contribution in [0.3, 0.4) is 0 Å². The van der Waals surface area contributed by atoms with E-state index in [1.165, 1.54) is 0 Å². The van der Waals surface area contributed by atoms with Gasteiger partial charge in [0, 0.05) is 31.6 Å². The van der Waals surface area contributed by atoms with E-state index in [1.807, 2.05) is 31.6 Å². The first-order valence-electron chi connectivity index (χ1n) is 5.37. The van der Waals surface area contributed by atoms with Gasteiger partial charge in [0.15, 0.2) is 0 Å². The molecule has 1 heterocycles. The Morgan fingerprint density at radius 2 is 2.33 bits per heavy atom. The molecule has 1 aromatic heterocycles. The number of hydrogen-bond donors (Lipinski definition) is 1. The molecular formula is C11H19N3O. The van der Waals surface area contributed by atoms with E-state index in [2.05, 4.69) is 10.4 Å². The minimum atomic E-state index is 0.263. The number of hydrogen-bond acceptors (Lipinski definition) is 3. The van der Waals surface area contributed by atoms with Gasteiger partial charge in [0.25, 0.3) is 0 Å². The Balaban J connectivity index is 2.59. The normalized spacial score (nSPS) is 10.6. The molecule has 1 rings (SSSR count). The third kappa shape index (κ3) is 3.47. The molecule has 0 amide bonds. The van der Waals surface area contributed by atoms with E-state index < -0.39 is 0 Å². The molecule has 84 valence electrons. The summed E-state index contributed by atoms with van der Waals surface area (Å²) in [6, 6.07) is 1.99. The molecule has 0 aliphatic rings. The van der Waals surface area contributed by atoms with E-state index in [0.717, 1.165) is 24.5 Å². The van der Waals surface area contributed by atoms with E-state index in [0.29, 0.717) is 12.8 Å². The number of Topliss-reactive ketones (excluding diaryl/α,β-unsaturated/α-hetero) is 1. The molecule has 0 aliphatic heterocycles. The van der Waals surface area contributed by atoms with Crippen molar-refractivity contribution in [2.24, 2.45) is 0 Å². The monoisotopic (exact) mass is 209 g/mol. The van der Waals surface area contributed by atoms with Crippen LogP contribution >= 0.6 is 0 Å². The molecule has 0 radical (unpaired) electrons. The second kappa shape index (κ2) is 5.66. The van der Waals surface area contributed by atoms with E-state index in [9.17, 15) is 4.79 Å². The summed E-state index contributed by atoms with van der Waals surface area (Å²) in [5, 5.41) is 7.29. The molecule has 0 bridgehead atoms. The summed E-state index contributed by atoms with van der Waals surface area (Å²) in [6.45, 7) is 5.56. The van der Waals surface area contributed by atoms with Gasteiger partial charge in [-0.2, -0.15) is 5.10 Å². The molecule has 0 saturated carbocycles. The lowest BCUT2D eigenvalue weighted by molar-refractivity contribution is -0.118. The van der Waals surface area contributed by atoms with Gasteiger partial charge >= 0.3 is 0 Å². The fraction of sp³-hybridized carbons (Fsp3) is 0.636. The van der Waals surface area contributed by atoms with Crippen LogP contribution in [-0.4, -0.2) is 29.2 Å². The van der Waals surface area contributed by atoms with Crippen LogP contribution in [-0.2, 0) is 17.8 Å². The summed E-state index contributed by atoms with van der Waals surface area (Å²) in [5.74, 6) is 0.263. The van der Waals surface area contributed by atoms with Gasteiger partial charge < -0.3 is 5.32 Å². The molecule has 0 atom stereocenters. The Morgan fingerprint density at radius 3 is 2.93 bits per heavy atom. The summed E-state index contributed by atoms with van der Waals surface area (Å²) in [7, 11) is 1.85. The zero-order valence-corrected chi connectivity index (χ0v) is 9.71. The third-order valence-electron chi connectivity index (χ3n) is 2.32. The Hall–Kier alpha value is -1.16. The molecule has 1 aromatic rings. The molecule has 0 fully saturated rings.